The van der Waals surface area contributed by atoms with Crippen LogP contribution in [0, 0.1) is 0 Å². The maximum absolute atomic E-state index is 12.2. The molecule has 0 heterocycles. The van der Waals surface area contributed by atoms with Crippen LogP contribution in [0.2, 0.25) is 0 Å². The number of ether oxygens (including phenoxy) is 2. The number of carbonyl (C=O) groups is 1. The van der Waals surface area contributed by atoms with Gasteiger partial charge < -0.3 is 14.8 Å². The number of carbonyl (C=O) groups excluding carboxylic acids is 1. The van der Waals surface area contributed by atoms with Gasteiger partial charge in [-0.15, -0.1) is 0 Å². The molecule has 0 spiro atoms. The zero-order valence-corrected chi connectivity index (χ0v) is 12.3. The van der Waals surface area contributed by atoms with Crippen LogP contribution in [0.5, 0.6) is 11.5 Å². The highest BCUT2D eigenvalue weighted by Crippen LogP contribution is 2.28. The van der Waals surface area contributed by atoms with Crippen LogP contribution in [0.15, 0.2) is 18.2 Å². The van der Waals surface area contributed by atoms with Crippen molar-refractivity contribution in [3.8, 4) is 11.5 Å². The van der Waals surface area contributed by atoms with E-state index in [1.807, 2.05) is 13.8 Å². The maximum Gasteiger partial charge on any atom is 0.251 e. The van der Waals surface area contributed by atoms with E-state index in [1.54, 1.807) is 18.2 Å². The van der Waals surface area contributed by atoms with E-state index in [2.05, 4.69) is 5.32 Å². The van der Waals surface area contributed by atoms with Crippen molar-refractivity contribution in [1.29, 1.82) is 0 Å². The third-order valence-electron chi connectivity index (χ3n) is 3.50. The van der Waals surface area contributed by atoms with Crippen LogP contribution in [-0.4, -0.2) is 25.2 Å². The molecule has 0 aromatic heterocycles. The summed E-state index contributed by atoms with van der Waals surface area (Å²) in [5.74, 6) is 1.29. The molecular formula is C16H23NO3. The molecule has 1 fully saturated rings. The summed E-state index contributed by atoms with van der Waals surface area (Å²) >= 11 is 0. The summed E-state index contributed by atoms with van der Waals surface area (Å²) in [4.78, 5) is 12.2. The average Bonchev–Trinajstić information content (AvgIpc) is 2.94. The molecule has 0 radical (unpaired) electrons. The predicted octanol–water partition coefficient (Wildman–Crippen LogP) is 3.16. The van der Waals surface area contributed by atoms with Crippen molar-refractivity contribution in [3.05, 3.63) is 23.8 Å². The Morgan fingerprint density at radius 1 is 1.15 bits per heavy atom. The minimum absolute atomic E-state index is 0.0269. The highest BCUT2D eigenvalue weighted by Gasteiger charge is 2.19. The number of hydrogen-bond donors (Lipinski definition) is 1. The normalized spacial score (nSPS) is 15.1. The van der Waals surface area contributed by atoms with Crippen molar-refractivity contribution in [2.45, 2.75) is 45.6 Å². The first-order valence-corrected chi connectivity index (χ1v) is 7.45. The third kappa shape index (κ3) is 3.65. The largest absolute Gasteiger partial charge is 0.490 e. The van der Waals surface area contributed by atoms with Gasteiger partial charge >= 0.3 is 0 Å². The summed E-state index contributed by atoms with van der Waals surface area (Å²) in [5.41, 5.74) is 0.629. The quantitative estimate of drug-likeness (QED) is 0.869. The standard InChI is InChI=1S/C16H23NO3/c1-3-19-14-10-9-12(11-15(14)20-4-2)16(18)17-13-7-5-6-8-13/h9-11,13H,3-8H2,1-2H3,(H,17,18). The lowest BCUT2D eigenvalue weighted by molar-refractivity contribution is 0.0937. The fourth-order valence-corrected chi connectivity index (χ4v) is 2.53. The van der Waals surface area contributed by atoms with Gasteiger partial charge in [-0.05, 0) is 44.9 Å². The van der Waals surface area contributed by atoms with E-state index in [1.165, 1.54) is 12.8 Å². The highest BCUT2D eigenvalue weighted by molar-refractivity contribution is 5.95. The number of benzene rings is 1. The van der Waals surface area contributed by atoms with Crippen LogP contribution in [0.4, 0.5) is 0 Å². The van der Waals surface area contributed by atoms with E-state index >= 15 is 0 Å². The topological polar surface area (TPSA) is 47.6 Å². The van der Waals surface area contributed by atoms with Gasteiger partial charge in [0.1, 0.15) is 0 Å². The number of rotatable bonds is 6. The van der Waals surface area contributed by atoms with Gasteiger partial charge in [-0.25, -0.2) is 0 Å². The van der Waals surface area contributed by atoms with E-state index in [4.69, 9.17) is 9.47 Å². The van der Waals surface area contributed by atoms with Crippen LogP contribution in [-0.2, 0) is 0 Å². The predicted molar refractivity (Wildman–Crippen MR) is 78.5 cm³/mol. The SMILES string of the molecule is CCOc1ccc(C(=O)NC2CCCC2)cc1OCC. The van der Waals surface area contributed by atoms with Gasteiger partial charge in [0.2, 0.25) is 0 Å². The lowest BCUT2D eigenvalue weighted by Gasteiger charge is -2.14. The molecular weight excluding hydrogens is 254 g/mol. The van der Waals surface area contributed by atoms with Gasteiger partial charge in [0.25, 0.3) is 5.91 Å². The molecule has 1 amide bonds. The Labute approximate surface area is 120 Å². The smallest absolute Gasteiger partial charge is 0.251 e. The van der Waals surface area contributed by atoms with Crippen molar-refractivity contribution in [2.75, 3.05) is 13.2 Å². The third-order valence-corrected chi connectivity index (χ3v) is 3.50. The van der Waals surface area contributed by atoms with Gasteiger partial charge in [-0.3, -0.25) is 4.79 Å². The molecule has 2 rings (SSSR count). The van der Waals surface area contributed by atoms with E-state index in [0.717, 1.165) is 12.8 Å². The summed E-state index contributed by atoms with van der Waals surface area (Å²) in [6.07, 6.45) is 4.58. The van der Waals surface area contributed by atoms with E-state index in [-0.39, 0.29) is 5.91 Å². The van der Waals surface area contributed by atoms with Crippen molar-refractivity contribution < 1.29 is 14.3 Å². The minimum Gasteiger partial charge on any atom is -0.490 e. The van der Waals surface area contributed by atoms with Gasteiger partial charge in [0.15, 0.2) is 11.5 Å². The Hall–Kier alpha value is -1.71. The number of hydrogen-bond acceptors (Lipinski definition) is 3. The second-order valence-corrected chi connectivity index (χ2v) is 4.98. The van der Waals surface area contributed by atoms with Gasteiger partial charge in [0, 0.05) is 11.6 Å². The minimum atomic E-state index is -0.0269. The van der Waals surface area contributed by atoms with Crippen LogP contribution in [0.25, 0.3) is 0 Å². The first-order chi connectivity index (χ1) is 9.74. The van der Waals surface area contributed by atoms with Crippen molar-refractivity contribution in [2.24, 2.45) is 0 Å². The molecule has 0 atom stereocenters. The summed E-state index contributed by atoms with van der Waals surface area (Å²) < 4.78 is 11.0. The fraction of sp³-hybridized carbons (Fsp3) is 0.562. The Kier molecular flexibility index (Phi) is 5.27. The van der Waals surface area contributed by atoms with Crippen molar-refractivity contribution in [1.82, 2.24) is 5.32 Å². The van der Waals surface area contributed by atoms with Crippen LogP contribution < -0.4 is 14.8 Å². The van der Waals surface area contributed by atoms with E-state index in [9.17, 15) is 4.79 Å². The second kappa shape index (κ2) is 7.17. The zero-order valence-electron chi connectivity index (χ0n) is 12.3. The first kappa shape index (κ1) is 14.7. The molecule has 0 unspecified atom stereocenters. The molecule has 1 aromatic rings. The van der Waals surface area contributed by atoms with Crippen molar-refractivity contribution in [3.63, 3.8) is 0 Å². The molecule has 4 heteroatoms. The Bertz CT molecular complexity index is 453. The van der Waals surface area contributed by atoms with Crippen LogP contribution >= 0.6 is 0 Å². The summed E-state index contributed by atoms with van der Waals surface area (Å²) in [6.45, 7) is 4.97. The Morgan fingerprint density at radius 2 is 1.80 bits per heavy atom. The lowest BCUT2D eigenvalue weighted by Crippen LogP contribution is -2.32. The Morgan fingerprint density at radius 3 is 2.45 bits per heavy atom. The molecule has 1 saturated carbocycles. The lowest BCUT2D eigenvalue weighted by atomic mass is 10.1. The van der Waals surface area contributed by atoms with Gasteiger partial charge in [-0.1, -0.05) is 12.8 Å². The molecule has 110 valence electrons. The van der Waals surface area contributed by atoms with Crippen LogP contribution in [0.3, 0.4) is 0 Å². The molecule has 0 bridgehead atoms. The Balaban J connectivity index is 2.10. The van der Waals surface area contributed by atoms with Crippen molar-refractivity contribution >= 4 is 5.91 Å². The molecule has 20 heavy (non-hydrogen) atoms. The van der Waals surface area contributed by atoms with Gasteiger partial charge in [-0.2, -0.15) is 0 Å². The zero-order chi connectivity index (χ0) is 14.4. The monoisotopic (exact) mass is 277 g/mol. The van der Waals surface area contributed by atoms with E-state index in [0.29, 0.717) is 36.3 Å². The summed E-state index contributed by atoms with van der Waals surface area (Å²) in [5, 5.41) is 3.08. The number of amides is 1. The molecule has 1 aromatic carbocycles. The summed E-state index contributed by atoms with van der Waals surface area (Å²) in [6, 6.07) is 5.68. The number of nitrogens with one attached hydrogen (secondary N) is 1. The average molecular weight is 277 g/mol. The molecule has 0 aliphatic heterocycles. The first-order valence-electron chi connectivity index (χ1n) is 7.45. The molecule has 1 aliphatic carbocycles. The second-order valence-electron chi connectivity index (χ2n) is 4.98. The van der Waals surface area contributed by atoms with Gasteiger partial charge in [0.05, 0.1) is 13.2 Å². The van der Waals surface area contributed by atoms with E-state index < -0.39 is 0 Å². The fourth-order valence-electron chi connectivity index (χ4n) is 2.53. The summed E-state index contributed by atoms with van der Waals surface area (Å²) in [7, 11) is 0. The molecule has 1 N–H and O–H groups in total. The highest BCUT2D eigenvalue weighted by atomic mass is 16.5. The molecule has 0 saturated heterocycles. The van der Waals surface area contributed by atoms with Crippen LogP contribution in [0.1, 0.15) is 49.9 Å². The molecule has 1 aliphatic rings. The maximum atomic E-state index is 12.2. The molecule has 4 nitrogen and oxygen atoms in total.